The van der Waals surface area contributed by atoms with Crippen LogP contribution in [0.2, 0.25) is 5.02 Å². The Balaban J connectivity index is 1.75. The van der Waals surface area contributed by atoms with E-state index in [0.717, 1.165) is 33.9 Å². The predicted octanol–water partition coefficient (Wildman–Crippen LogP) is 5.02. The Morgan fingerprint density at radius 3 is 2.67 bits per heavy atom. The van der Waals surface area contributed by atoms with Crippen LogP contribution in [0.3, 0.4) is 0 Å². The number of carbonyl (C=O) groups excluding carboxylic acids is 1. The minimum atomic E-state index is -0.0434. The van der Waals surface area contributed by atoms with E-state index in [1.54, 1.807) is 0 Å². The average molecular weight is 400 g/mol. The second-order valence-electron chi connectivity index (χ2n) is 6.34. The van der Waals surface area contributed by atoms with Gasteiger partial charge in [-0.25, -0.2) is 4.99 Å². The molecule has 0 unspecified atom stereocenters. The standard InChI is InChI=1S/C21H22ClN3OS/c1-4-15-8-10-16(11-9-15)23-20(26)12-17-13-27-21(25(17)3)24-19-7-5-6-18(22)14(19)2/h5-11,13H,4,12H2,1-3H3,(H,23,26). The summed E-state index contributed by atoms with van der Waals surface area (Å²) in [4.78, 5) is 17.9. The highest BCUT2D eigenvalue weighted by atomic mass is 35.5. The second-order valence-corrected chi connectivity index (χ2v) is 7.58. The summed E-state index contributed by atoms with van der Waals surface area (Å²) in [5.41, 5.74) is 4.77. The highest BCUT2D eigenvalue weighted by Crippen LogP contribution is 2.25. The molecule has 140 valence electrons. The molecule has 0 saturated carbocycles. The van der Waals surface area contributed by atoms with E-state index < -0.39 is 0 Å². The van der Waals surface area contributed by atoms with Crippen LogP contribution in [-0.2, 0) is 24.7 Å². The molecule has 1 N–H and O–H groups in total. The second kappa shape index (κ2) is 8.55. The van der Waals surface area contributed by atoms with Crippen LogP contribution in [0, 0.1) is 6.92 Å². The normalized spacial score (nSPS) is 11.6. The van der Waals surface area contributed by atoms with E-state index in [-0.39, 0.29) is 5.91 Å². The molecular formula is C21H22ClN3OS. The topological polar surface area (TPSA) is 46.4 Å². The van der Waals surface area contributed by atoms with Crippen molar-refractivity contribution in [1.29, 1.82) is 0 Å². The SMILES string of the molecule is CCc1ccc(NC(=O)Cc2csc(=Nc3cccc(Cl)c3C)n2C)cc1. The first-order chi connectivity index (χ1) is 13.0. The maximum absolute atomic E-state index is 12.4. The third-order valence-corrected chi connectivity index (χ3v) is 5.84. The summed E-state index contributed by atoms with van der Waals surface area (Å²) in [7, 11) is 1.92. The number of hydrogen-bond acceptors (Lipinski definition) is 3. The number of carbonyl (C=O) groups is 1. The quantitative estimate of drug-likeness (QED) is 0.643. The Kier molecular flexibility index (Phi) is 6.14. The molecule has 6 heteroatoms. The Labute approximate surface area is 168 Å². The van der Waals surface area contributed by atoms with Crippen molar-refractivity contribution in [2.45, 2.75) is 26.7 Å². The highest BCUT2D eigenvalue weighted by molar-refractivity contribution is 7.07. The molecule has 0 aliphatic heterocycles. The summed E-state index contributed by atoms with van der Waals surface area (Å²) >= 11 is 7.69. The van der Waals surface area contributed by atoms with Gasteiger partial charge in [-0.3, -0.25) is 4.79 Å². The Hall–Kier alpha value is -2.37. The van der Waals surface area contributed by atoms with Gasteiger partial charge in [-0.1, -0.05) is 36.7 Å². The number of aryl methyl sites for hydroxylation is 1. The van der Waals surface area contributed by atoms with Gasteiger partial charge in [0.1, 0.15) is 0 Å². The number of benzene rings is 2. The van der Waals surface area contributed by atoms with E-state index in [1.807, 2.05) is 66.4 Å². The minimum absolute atomic E-state index is 0.0434. The maximum atomic E-state index is 12.4. The molecule has 4 nitrogen and oxygen atoms in total. The van der Waals surface area contributed by atoms with Crippen LogP contribution in [0.1, 0.15) is 23.7 Å². The van der Waals surface area contributed by atoms with Crippen molar-refractivity contribution in [2.75, 3.05) is 5.32 Å². The minimum Gasteiger partial charge on any atom is -0.326 e. The van der Waals surface area contributed by atoms with Crippen molar-refractivity contribution in [3.8, 4) is 0 Å². The van der Waals surface area contributed by atoms with Crippen molar-refractivity contribution < 1.29 is 4.79 Å². The lowest BCUT2D eigenvalue weighted by atomic mass is 10.1. The van der Waals surface area contributed by atoms with Gasteiger partial charge in [-0.15, -0.1) is 11.3 Å². The lowest BCUT2D eigenvalue weighted by molar-refractivity contribution is -0.115. The van der Waals surface area contributed by atoms with E-state index in [1.165, 1.54) is 16.9 Å². The molecule has 0 fully saturated rings. The van der Waals surface area contributed by atoms with Gasteiger partial charge in [0, 0.05) is 28.8 Å². The number of nitrogens with zero attached hydrogens (tertiary/aromatic N) is 2. The fraction of sp³-hybridized carbons (Fsp3) is 0.238. The number of nitrogens with one attached hydrogen (secondary N) is 1. The van der Waals surface area contributed by atoms with Crippen LogP contribution < -0.4 is 10.1 Å². The number of rotatable bonds is 5. The molecule has 0 aliphatic carbocycles. The van der Waals surface area contributed by atoms with Crippen molar-refractivity contribution in [3.05, 3.63) is 74.5 Å². The maximum Gasteiger partial charge on any atom is 0.230 e. The summed E-state index contributed by atoms with van der Waals surface area (Å²) in [6.07, 6.45) is 1.28. The molecule has 1 amide bonds. The summed E-state index contributed by atoms with van der Waals surface area (Å²) in [5, 5.41) is 5.62. The lowest BCUT2D eigenvalue weighted by Gasteiger charge is -2.07. The van der Waals surface area contributed by atoms with E-state index in [2.05, 4.69) is 12.2 Å². The molecule has 27 heavy (non-hydrogen) atoms. The summed E-state index contributed by atoms with van der Waals surface area (Å²) in [6.45, 7) is 4.06. The van der Waals surface area contributed by atoms with E-state index in [9.17, 15) is 4.79 Å². The molecule has 0 bridgehead atoms. The molecule has 3 aromatic rings. The van der Waals surface area contributed by atoms with Gasteiger partial charge in [0.2, 0.25) is 5.91 Å². The summed E-state index contributed by atoms with van der Waals surface area (Å²) in [5.74, 6) is -0.0434. The third kappa shape index (κ3) is 4.67. The zero-order valence-electron chi connectivity index (χ0n) is 15.6. The van der Waals surface area contributed by atoms with Crippen LogP contribution in [0.15, 0.2) is 52.8 Å². The first-order valence-electron chi connectivity index (χ1n) is 8.80. The van der Waals surface area contributed by atoms with Crippen LogP contribution in [0.25, 0.3) is 0 Å². The van der Waals surface area contributed by atoms with Crippen LogP contribution in [0.4, 0.5) is 11.4 Å². The first kappa shape index (κ1) is 19.4. The number of hydrogen-bond donors (Lipinski definition) is 1. The van der Waals surface area contributed by atoms with Crippen molar-refractivity contribution >= 4 is 40.2 Å². The molecule has 3 rings (SSSR count). The van der Waals surface area contributed by atoms with Crippen LogP contribution in [-0.4, -0.2) is 10.5 Å². The zero-order chi connectivity index (χ0) is 19.4. The Morgan fingerprint density at radius 1 is 1.22 bits per heavy atom. The summed E-state index contributed by atoms with van der Waals surface area (Å²) in [6, 6.07) is 13.6. The van der Waals surface area contributed by atoms with Gasteiger partial charge in [0.25, 0.3) is 0 Å². The predicted molar refractivity (Wildman–Crippen MR) is 113 cm³/mol. The molecule has 0 spiro atoms. The monoisotopic (exact) mass is 399 g/mol. The molecule has 1 aromatic heterocycles. The van der Waals surface area contributed by atoms with Gasteiger partial charge < -0.3 is 9.88 Å². The molecule has 0 saturated heterocycles. The van der Waals surface area contributed by atoms with Crippen molar-refractivity contribution in [2.24, 2.45) is 12.0 Å². The van der Waals surface area contributed by atoms with Gasteiger partial charge in [-0.2, -0.15) is 0 Å². The number of amides is 1. The molecule has 0 radical (unpaired) electrons. The van der Waals surface area contributed by atoms with Gasteiger partial charge in [0.05, 0.1) is 12.1 Å². The molecule has 1 heterocycles. The molecule has 0 atom stereocenters. The van der Waals surface area contributed by atoms with Crippen LogP contribution >= 0.6 is 22.9 Å². The molecular weight excluding hydrogens is 378 g/mol. The summed E-state index contributed by atoms with van der Waals surface area (Å²) < 4.78 is 1.95. The van der Waals surface area contributed by atoms with E-state index in [0.29, 0.717) is 11.4 Å². The fourth-order valence-electron chi connectivity index (χ4n) is 2.68. The number of halogens is 1. The van der Waals surface area contributed by atoms with Crippen LogP contribution in [0.5, 0.6) is 0 Å². The Morgan fingerprint density at radius 2 is 1.96 bits per heavy atom. The molecule has 2 aromatic carbocycles. The smallest absolute Gasteiger partial charge is 0.230 e. The van der Waals surface area contributed by atoms with Gasteiger partial charge in [-0.05, 0) is 48.7 Å². The fourth-order valence-corrected chi connectivity index (χ4v) is 3.76. The first-order valence-corrected chi connectivity index (χ1v) is 10.1. The van der Waals surface area contributed by atoms with Crippen molar-refractivity contribution in [1.82, 2.24) is 4.57 Å². The highest BCUT2D eigenvalue weighted by Gasteiger charge is 2.09. The number of aromatic nitrogens is 1. The van der Waals surface area contributed by atoms with E-state index >= 15 is 0 Å². The largest absolute Gasteiger partial charge is 0.326 e. The number of anilines is 1. The third-order valence-electron chi connectivity index (χ3n) is 4.46. The van der Waals surface area contributed by atoms with E-state index in [4.69, 9.17) is 16.6 Å². The van der Waals surface area contributed by atoms with Gasteiger partial charge in [0.15, 0.2) is 4.80 Å². The Bertz CT molecular complexity index is 1020. The zero-order valence-corrected chi connectivity index (χ0v) is 17.2. The molecule has 0 aliphatic rings. The van der Waals surface area contributed by atoms with Gasteiger partial charge >= 0.3 is 0 Å². The number of thiazole rings is 1. The van der Waals surface area contributed by atoms with Crippen molar-refractivity contribution in [3.63, 3.8) is 0 Å². The lowest BCUT2D eigenvalue weighted by Crippen LogP contribution is -2.19. The average Bonchev–Trinajstić information content (AvgIpc) is 2.99.